The molecule has 0 aliphatic carbocycles. The molecule has 0 radical (unpaired) electrons. The van der Waals surface area contributed by atoms with Crippen LogP contribution in [0.5, 0.6) is 0 Å². The average Bonchev–Trinajstić information content (AvgIpc) is 2.69. The van der Waals surface area contributed by atoms with Gasteiger partial charge in [0.15, 0.2) is 5.16 Å². The number of aromatic amines is 1. The second kappa shape index (κ2) is 5.28. The van der Waals surface area contributed by atoms with Gasteiger partial charge >= 0.3 is 0 Å². The van der Waals surface area contributed by atoms with Crippen LogP contribution in [0.15, 0.2) is 23.4 Å². The van der Waals surface area contributed by atoms with E-state index in [0.29, 0.717) is 12.1 Å². The molecule has 0 saturated heterocycles. The molecule has 2 rings (SSSR count). The number of hydrogen-bond acceptors (Lipinski definition) is 5. The zero-order valence-electron chi connectivity index (χ0n) is 9.93. The van der Waals surface area contributed by atoms with Crippen LogP contribution in [0.1, 0.15) is 13.3 Å². The number of thioether (sulfide) groups is 1. The molecule has 1 amide bonds. The Hall–Kier alpha value is -1.73. The summed E-state index contributed by atoms with van der Waals surface area (Å²) >= 11 is 1.49. The van der Waals surface area contributed by atoms with Crippen LogP contribution in [0, 0.1) is 0 Å². The lowest BCUT2D eigenvalue weighted by molar-refractivity contribution is -0.121. The van der Waals surface area contributed by atoms with Gasteiger partial charge in [-0.05, 0) is 18.2 Å². The maximum atomic E-state index is 11.1. The number of nitrogens with one attached hydrogen (secondary N) is 2. The Kier molecular flexibility index (Phi) is 3.73. The largest absolute Gasteiger partial charge is 0.399 e. The lowest BCUT2D eigenvalue weighted by atomic mass is 10.3. The zero-order chi connectivity index (χ0) is 13.1. The predicted octanol–water partition coefficient (Wildman–Crippen LogP) is 1.01. The molecule has 0 fully saturated rings. The van der Waals surface area contributed by atoms with E-state index in [9.17, 15) is 4.79 Å². The van der Waals surface area contributed by atoms with Gasteiger partial charge in [-0.3, -0.25) is 10.2 Å². The van der Waals surface area contributed by atoms with Crippen molar-refractivity contribution in [1.82, 2.24) is 15.4 Å². The third-order valence-electron chi connectivity index (χ3n) is 2.43. The third-order valence-corrected chi connectivity index (χ3v) is 3.42. The number of carbonyl (C=O) groups excluding carboxylic acids is 1. The maximum Gasteiger partial charge on any atom is 0.234 e. The summed E-state index contributed by atoms with van der Waals surface area (Å²) in [7, 11) is 0. The number of hydrogen-bond donors (Lipinski definition) is 4. The van der Waals surface area contributed by atoms with Gasteiger partial charge in [0.05, 0.1) is 11.0 Å². The van der Waals surface area contributed by atoms with E-state index in [1.54, 1.807) is 0 Å². The molecule has 0 saturated carbocycles. The van der Waals surface area contributed by atoms with Crippen molar-refractivity contribution in [1.29, 1.82) is 0 Å². The number of amides is 1. The van der Waals surface area contributed by atoms with Crippen LogP contribution >= 0.6 is 11.8 Å². The lowest BCUT2D eigenvalue weighted by Gasteiger charge is -2.06. The highest BCUT2D eigenvalue weighted by Gasteiger charge is 2.12. The molecule has 1 aromatic heterocycles. The number of nitrogens with two attached hydrogens (primary N) is 2. The fraction of sp³-hybridized carbons (Fsp3) is 0.273. The number of nitrogen functional groups attached to an aromatic ring is 1. The second-order valence-electron chi connectivity index (χ2n) is 4.02. The molecule has 1 unspecified atom stereocenters. The van der Waals surface area contributed by atoms with Crippen molar-refractivity contribution >= 4 is 34.4 Å². The van der Waals surface area contributed by atoms with Crippen LogP contribution < -0.4 is 17.0 Å². The summed E-state index contributed by atoms with van der Waals surface area (Å²) in [5.41, 5.74) is 10.3. The van der Waals surface area contributed by atoms with Crippen molar-refractivity contribution in [2.75, 3.05) is 5.73 Å². The standard InChI is InChI=1S/C11H15N5OS/c1-6(4-10(17)16-13)18-11-14-8-3-2-7(12)5-9(8)15-11/h2-3,5-6H,4,12-13H2,1H3,(H,14,15)(H,16,17). The van der Waals surface area contributed by atoms with Crippen molar-refractivity contribution in [3.8, 4) is 0 Å². The molecule has 1 heterocycles. The van der Waals surface area contributed by atoms with Crippen LogP contribution in [0.4, 0.5) is 5.69 Å². The molecule has 1 aromatic carbocycles. The minimum Gasteiger partial charge on any atom is -0.399 e. The number of rotatable bonds is 4. The summed E-state index contributed by atoms with van der Waals surface area (Å²) < 4.78 is 0. The van der Waals surface area contributed by atoms with Gasteiger partial charge in [0.1, 0.15) is 0 Å². The van der Waals surface area contributed by atoms with Crippen molar-refractivity contribution in [3.05, 3.63) is 18.2 Å². The number of nitrogens with zero attached hydrogens (tertiary/aromatic N) is 1. The first-order valence-corrected chi connectivity index (χ1v) is 6.38. The lowest BCUT2D eigenvalue weighted by Crippen LogP contribution is -2.31. The fourth-order valence-electron chi connectivity index (χ4n) is 1.61. The van der Waals surface area contributed by atoms with Gasteiger partial charge in [-0.1, -0.05) is 18.7 Å². The number of anilines is 1. The fourth-order valence-corrected chi connectivity index (χ4v) is 2.55. The summed E-state index contributed by atoms with van der Waals surface area (Å²) in [5, 5.41) is 0.861. The number of carbonyl (C=O) groups is 1. The Morgan fingerprint density at radius 1 is 1.61 bits per heavy atom. The van der Waals surface area contributed by atoms with Crippen molar-refractivity contribution < 1.29 is 4.79 Å². The SMILES string of the molecule is CC(CC(=O)NN)Sc1nc2ccc(N)cc2[nH]1. The molecule has 96 valence electrons. The summed E-state index contributed by atoms with van der Waals surface area (Å²) in [6.07, 6.45) is 0.348. The van der Waals surface area contributed by atoms with E-state index in [1.165, 1.54) is 11.8 Å². The first-order chi connectivity index (χ1) is 8.58. The average molecular weight is 265 g/mol. The van der Waals surface area contributed by atoms with Crippen molar-refractivity contribution in [2.24, 2.45) is 5.84 Å². The molecule has 2 aromatic rings. The Morgan fingerprint density at radius 2 is 2.39 bits per heavy atom. The molecule has 6 N–H and O–H groups in total. The van der Waals surface area contributed by atoms with Gasteiger partial charge in [0.2, 0.25) is 5.91 Å². The number of benzene rings is 1. The van der Waals surface area contributed by atoms with Gasteiger partial charge in [-0.15, -0.1) is 0 Å². The van der Waals surface area contributed by atoms with Gasteiger partial charge in [0, 0.05) is 17.4 Å². The van der Waals surface area contributed by atoms with E-state index in [2.05, 4.69) is 15.4 Å². The molecular formula is C11H15N5OS. The van der Waals surface area contributed by atoms with Crippen LogP contribution in [-0.4, -0.2) is 21.1 Å². The molecule has 6 nitrogen and oxygen atoms in total. The normalized spacial score (nSPS) is 12.6. The highest BCUT2D eigenvalue weighted by molar-refractivity contribution is 7.99. The highest BCUT2D eigenvalue weighted by Crippen LogP contribution is 2.25. The third kappa shape index (κ3) is 2.93. The minimum atomic E-state index is -0.185. The van der Waals surface area contributed by atoms with Crippen LogP contribution in [0.2, 0.25) is 0 Å². The Balaban J connectivity index is 2.09. The van der Waals surface area contributed by atoms with E-state index in [1.807, 2.05) is 25.1 Å². The Morgan fingerprint density at radius 3 is 3.11 bits per heavy atom. The Bertz CT molecular complexity index is 568. The topological polar surface area (TPSA) is 110 Å². The number of fused-ring (bicyclic) bond motifs is 1. The molecular weight excluding hydrogens is 250 g/mol. The second-order valence-corrected chi connectivity index (χ2v) is 5.45. The van der Waals surface area contributed by atoms with E-state index in [0.717, 1.165) is 16.2 Å². The van der Waals surface area contributed by atoms with E-state index in [4.69, 9.17) is 11.6 Å². The molecule has 0 aliphatic heterocycles. The molecule has 0 aliphatic rings. The number of hydrazine groups is 1. The Labute approximate surface area is 108 Å². The number of H-pyrrole nitrogens is 1. The molecule has 1 atom stereocenters. The zero-order valence-corrected chi connectivity index (χ0v) is 10.8. The van der Waals surface area contributed by atoms with Crippen molar-refractivity contribution in [3.63, 3.8) is 0 Å². The molecule has 0 bridgehead atoms. The smallest absolute Gasteiger partial charge is 0.234 e. The summed E-state index contributed by atoms with van der Waals surface area (Å²) in [5.74, 6) is 4.86. The molecule has 18 heavy (non-hydrogen) atoms. The van der Waals surface area contributed by atoms with Crippen LogP contribution in [-0.2, 0) is 4.79 Å². The van der Waals surface area contributed by atoms with Gasteiger partial charge in [0.25, 0.3) is 0 Å². The van der Waals surface area contributed by atoms with Gasteiger partial charge < -0.3 is 10.7 Å². The maximum absolute atomic E-state index is 11.1. The minimum absolute atomic E-state index is 0.0893. The molecule has 0 spiro atoms. The summed E-state index contributed by atoms with van der Waals surface area (Å²) in [4.78, 5) is 18.7. The number of imidazole rings is 1. The predicted molar refractivity (Wildman–Crippen MR) is 72.8 cm³/mol. The van der Waals surface area contributed by atoms with Gasteiger partial charge in [-0.2, -0.15) is 0 Å². The highest BCUT2D eigenvalue weighted by atomic mass is 32.2. The first kappa shape index (κ1) is 12.7. The monoisotopic (exact) mass is 265 g/mol. The number of aromatic nitrogens is 2. The quantitative estimate of drug-likeness (QED) is 0.217. The van der Waals surface area contributed by atoms with Gasteiger partial charge in [-0.25, -0.2) is 10.8 Å². The van der Waals surface area contributed by atoms with Crippen molar-refractivity contribution in [2.45, 2.75) is 23.8 Å². The molecule has 7 heteroatoms. The first-order valence-electron chi connectivity index (χ1n) is 5.50. The van der Waals surface area contributed by atoms with E-state index < -0.39 is 0 Å². The summed E-state index contributed by atoms with van der Waals surface area (Å²) in [6, 6.07) is 5.51. The van der Waals surface area contributed by atoms with Crippen LogP contribution in [0.25, 0.3) is 11.0 Å². The van der Waals surface area contributed by atoms with E-state index >= 15 is 0 Å². The summed E-state index contributed by atoms with van der Waals surface area (Å²) in [6.45, 7) is 1.95. The van der Waals surface area contributed by atoms with Crippen LogP contribution in [0.3, 0.4) is 0 Å². The van der Waals surface area contributed by atoms with E-state index in [-0.39, 0.29) is 11.2 Å².